The first-order valence-corrected chi connectivity index (χ1v) is 8.53. The van der Waals surface area contributed by atoms with Crippen LogP contribution in [0.4, 0.5) is 29.3 Å². The summed E-state index contributed by atoms with van der Waals surface area (Å²) in [6.07, 6.45) is -1.52. The van der Waals surface area contributed by atoms with Crippen molar-refractivity contribution in [3.8, 4) is 0 Å². The van der Waals surface area contributed by atoms with Crippen LogP contribution in [0.25, 0.3) is 0 Å². The first-order valence-electron chi connectivity index (χ1n) is 8.53. The van der Waals surface area contributed by atoms with Gasteiger partial charge in [0.15, 0.2) is 0 Å². The average Bonchev–Trinajstić information content (AvgIpc) is 3.14. The summed E-state index contributed by atoms with van der Waals surface area (Å²) in [4.78, 5) is 16.3. The number of amides is 2. The van der Waals surface area contributed by atoms with Crippen molar-refractivity contribution in [1.29, 1.82) is 0 Å². The normalized spacial score (nSPS) is 15.6. The topological polar surface area (TPSA) is 60.8 Å². The molecule has 0 saturated carbocycles. The van der Waals surface area contributed by atoms with E-state index in [2.05, 4.69) is 15.5 Å². The molecule has 0 aliphatic carbocycles. The molecule has 1 aliphatic heterocycles. The average molecular weight is 382 g/mol. The standard InChI is InChI=1S/C18H21F3N4O2/c1-24-5-7-25(8-6-24)16-3-2-14(18(19,20)21)10-15(16)23-17(26)22-11-13-4-9-27-12-13/h2-4,9-10,12H,5-8,11H2,1H3,(H2,22,23,26). The Hall–Kier alpha value is -2.68. The highest BCUT2D eigenvalue weighted by atomic mass is 19.4. The van der Waals surface area contributed by atoms with Crippen LogP contribution in [0.1, 0.15) is 11.1 Å². The van der Waals surface area contributed by atoms with Crippen LogP contribution in [0.2, 0.25) is 0 Å². The highest BCUT2D eigenvalue weighted by molar-refractivity contribution is 5.93. The van der Waals surface area contributed by atoms with E-state index in [-0.39, 0.29) is 12.2 Å². The highest BCUT2D eigenvalue weighted by Crippen LogP contribution is 2.35. The molecule has 1 aliphatic rings. The summed E-state index contributed by atoms with van der Waals surface area (Å²) in [6.45, 7) is 3.16. The van der Waals surface area contributed by atoms with E-state index in [0.717, 1.165) is 30.8 Å². The Morgan fingerprint density at radius 1 is 1.19 bits per heavy atom. The van der Waals surface area contributed by atoms with Crippen molar-refractivity contribution in [2.24, 2.45) is 0 Å². The smallest absolute Gasteiger partial charge is 0.416 e. The lowest BCUT2D eigenvalue weighted by atomic mass is 10.1. The third kappa shape index (κ3) is 4.94. The molecule has 1 aromatic heterocycles. The molecule has 6 nitrogen and oxygen atoms in total. The van der Waals surface area contributed by atoms with Crippen molar-refractivity contribution in [2.75, 3.05) is 43.4 Å². The Kier molecular flexibility index (Phi) is 5.59. The van der Waals surface area contributed by atoms with Gasteiger partial charge in [0, 0.05) is 38.3 Å². The number of furan rings is 1. The summed E-state index contributed by atoms with van der Waals surface area (Å²) in [5, 5.41) is 5.17. The van der Waals surface area contributed by atoms with Gasteiger partial charge in [-0.3, -0.25) is 0 Å². The van der Waals surface area contributed by atoms with E-state index in [9.17, 15) is 18.0 Å². The molecule has 0 spiro atoms. The van der Waals surface area contributed by atoms with Gasteiger partial charge >= 0.3 is 12.2 Å². The van der Waals surface area contributed by atoms with E-state index in [1.165, 1.54) is 18.6 Å². The van der Waals surface area contributed by atoms with Crippen LogP contribution in [0.5, 0.6) is 0 Å². The van der Waals surface area contributed by atoms with Crippen LogP contribution in [0.15, 0.2) is 41.2 Å². The van der Waals surface area contributed by atoms with Crippen LogP contribution in [0, 0.1) is 0 Å². The number of piperazine rings is 1. The Balaban J connectivity index is 1.77. The van der Waals surface area contributed by atoms with Crippen molar-refractivity contribution in [2.45, 2.75) is 12.7 Å². The first kappa shape index (κ1) is 19.1. The summed E-state index contributed by atoms with van der Waals surface area (Å²) >= 11 is 0. The molecule has 1 saturated heterocycles. The number of hydrogen-bond acceptors (Lipinski definition) is 4. The van der Waals surface area contributed by atoms with Crippen molar-refractivity contribution < 1.29 is 22.4 Å². The minimum Gasteiger partial charge on any atom is -0.472 e. The Bertz CT molecular complexity index is 769. The summed E-state index contributed by atoms with van der Waals surface area (Å²) < 4.78 is 44.2. The monoisotopic (exact) mass is 382 g/mol. The summed E-state index contributed by atoms with van der Waals surface area (Å²) in [7, 11) is 1.99. The van der Waals surface area contributed by atoms with Gasteiger partial charge in [-0.25, -0.2) is 4.79 Å². The summed E-state index contributed by atoms with van der Waals surface area (Å²) in [5.41, 5.74) is 0.674. The summed E-state index contributed by atoms with van der Waals surface area (Å²) in [5.74, 6) is 0. The van der Waals surface area contributed by atoms with E-state index in [0.29, 0.717) is 18.8 Å². The second kappa shape index (κ2) is 7.91. The molecular weight excluding hydrogens is 361 g/mol. The number of benzene rings is 1. The van der Waals surface area contributed by atoms with E-state index in [4.69, 9.17) is 4.42 Å². The number of nitrogens with zero attached hydrogens (tertiary/aromatic N) is 2. The number of anilines is 2. The maximum absolute atomic E-state index is 13.1. The number of rotatable bonds is 4. The van der Waals surface area contributed by atoms with Crippen LogP contribution >= 0.6 is 0 Å². The maximum atomic E-state index is 13.1. The second-order valence-corrected chi connectivity index (χ2v) is 6.46. The number of urea groups is 1. The SMILES string of the molecule is CN1CCN(c2ccc(C(F)(F)F)cc2NC(=O)NCc2ccoc2)CC1. The molecule has 3 rings (SSSR count). The lowest BCUT2D eigenvalue weighted by Crippen LogP contribution is -2.45. The fourth-order valence-corrected chi connectivity index (χ4v) is 2.88. The molecule has 9 heteroatoms. The molecule has 146 valence electrons. The molecule has 2 aromatic rings. The van der Waals surface area contributed by atoms with Gasteiger partial charge in [-0.2, -0.15) is 13.2 Å². The predicted octanol–water partition coefficient (Wildman–Crippen LogP) is 3.37. The van der Waals surface area contributed by atoms with E-state index < -0.39 is 17.8 Å². The number of likely N-dealkylation sites (N-methyl/N-ethyl adjacent to an activating group) is 1. The number of carbonyl (C=O) groups excluding carboxylic acids is 1. The first-order chi connectivity index (χ1) is 12.8. The number of nitrogens with one attached hydrogen (secondary N) is 2. The van der Waals surface area contributed by atoms with Gasteiger partial charge in [-0.05, 0) is 31.3 Å². The number of carbonyl (C=O) groups is 1. The second-order valence-electron chi connectivity index (χ2n) is 6.46. The van der Waals surface area contributed by atoms with Gasteiger partial charge in [-0.15, -0.1) is 0 Å². The molecule has 1 fully saturated rings. The number of halogens is 3. The predicted molar refractivity (Wildman–Crippen MR) is 95.7 cm³/mol. The molecule has 2 amide bonds. The lowest BCUT2D eigenvalue weighted by molar-refractivity contribution is -0.137. The lowest BCUT2D eigenvalue weighted by Gasteiger charge is -2.35. The third-order valence-electron chi connectivity index (χ3n) is 4.45. The van der Waals surface area contributed by atoms with Gasteiger partial charge in [0.1, 0.15) is 0 Å². The molecule has 27 heavy (non-hydrogen) atoms. The molecule has 2 heterocycles. The van der Waals surface area contributed by atoms with Gasteiger partial charge in [-0.1, -0.05) is 0 Å². The van der Waals surface area contributed by atoms with Crippen LogP contribution in [-0.4, -0.2) is 44.2 Å². The van der Waals surface area contributed by atoms with E-state index in [1.54, 1.807) is 6.07 Å². The van der Waals surface area contributed by atoms with Crippen LogP contribution in [0.3, 0.4) is 0 Å². The highest BCUT2D eigenvalue weighted by Gasteiger charge is 2.32. The molecule has 1 aromatic carbocycles. The van der Waals surface area contributed by atoms with Crippen molar-refractivity contribution in [3.05, 3.63) is 47.9 Å². The van der Waals surface area contributed by atoms with Crippen molar-refractivity contribution in [1.82, 2.24) is 10.2 Å². The number of alkyl halides is 3. The van der Waals surface area contributed by atoms with Gasteiger partial charge in [0.2, 0.25) is 0 Å². The van der Waals surface area contributed by atoms with Crippen LogP contribution in [-0.2, 0) is 12.7 Å². The molecule has 0 atom stereocenters. The fraction of sp³-hybridized carbons (Fsp3) is 0.389. The molecule has 0 bridgehead atoms. The maximum Gasteiger partial charge on any atom is 0.416 e. The zero-order valence-electron chi connectivity index (χ0n) is 14.8. The molecular formula is C18H21F3N4O2. The van der Waals surface area contributed by atoms with Gasteiger partial charge in [0.25, 0.3) is 0 Å². The zero-order valence-corrected chi connectivity index (χ0v) is 14.8. The van der Waals surface area contributed by atoms with Crippen molar-refractivity contribution >= 4 is 17.4 Å². The van der Waals surface area contributed by atoms with E-state index >= 15 is 0 Å². The third-order valence-corrected chi connectivity index (χ3v) is 4.45. The molecule has 0 unspecified atom stereocenters. The minimum absolute atomic E-state index is 0.138. The largest absolute Gasteiger partial charge is 0.472 e. The Morgan fingerprint density at radius 2 is 1.93 bits per heavy atom. The quantitative estimate of drug-likeness (QED) is 0.851. The molecule has 2 N–H and O–H groups in total. The van der Waals surface area contributed by atoms with Crippen LogP contribution < -0.4 is 15.5 Å². The van der Waals surface area contributed by atoms with Crippen molar-refractivity contribution in [3.63, 3.8) is 0 Å². The van der Waals surface area contributed by atoms with Gasteiger partial charge < -0.3 is 24.9 Å². The minimum atomic E-state index is -4.48. The zero-order chi connectivity index (χ0) is 19.4. The fourth-order valence-electron chi connectivity index (χ4n) is 2.88. The Morgan fingerprint density at radius 3 is 2.56 bits per heavy atom. The van der Waals surface area contributed by atoms with E-state index in [1.807, 2.05) is 11.9 Å². The Labute approximate surface area is 154 Å². The number of hydrogen-bond donors (Lipinski definition) is 2. The summed E-state index contributed by atoms with van der Waals surface area (Å²) in [6, 6.07) is 4.55. The molecule has 0 radical (unpaired) electrons. The van der Waals surface area contributed by atoms with Gasteiger partial charge in [0.05, 0.1) is 29.5 Å².